The van der Waals surface area contributed by atoms with E-state index < -0.39 is 0 Å². The van der Waals surface area contributed by atoms with Gasteiger partial charge in [0.05, 0.1) is 5.56 Å². The van der Waals surface area contributed by atoms with E-state index in [0.29, 0.717) is 11.3 Å². The van der Waals surface area contributed by atoms with Crippen molar-refractivity contribution in [1.82, 2.24) is 0 Å². The Hall–Kier alpha value is -3.13. The Morgan fingerprint density at radius 1 is 0.852 bits per heavy atom. The summed E-state index contributed by atoms with van der Waals surface area (Å²) >= 11 is 0. The van der Waals surface area contributed by atoms with Gasteiger partial charge in [-0.1, -0.05) is 54.1 Å². The summed E-state index contributed by atoms with van der Waals surface area (Å²) in [7, 11) is 0. The Kier molecular flexibility index (Phi) is 4.41. The summed E-state index contributed by atoms with van der Waals surface area (Å²) in [6, 6.07) is 19.5. The van der Waals surface area contributed by atoms with Crippen molar-refractivity contribution in [2.24, 2.45) is 0 Å². The number of ether oxygens (including phenoxy) is 1. The number of esters is 1. The van der Waals surface area contributed by atoms with Crippen molar-refractivity contribution in [3.05, 3.63) is 101 Å². The summed E-state index contributed by atoms with van der Waals surface area (Å²) in [5.41, 5.74) is 9.39. The summed E-state index contributed by atoms with van der Waals surface area (Å²) < 4.78 is 5.45. The maximum Gasteiger partial charge on any atom is 0.343 e. The lowest BCUT2D eigenvalue weighted by Gasteiger charge is -2.11. The third kappa shape index (κ3) is 3.43. The Labute approximate surface area is 160 Å². The van der Waals surface area contributed by atoms with Crippen LogP contribution in [0.3, 0.4) is 0 Å². The van der Waals surface area contributed by atoms with Crippen molar-refractivity contribution >= 4 is 5.97 Å². The molecule has 0 unspecified atom stereocenters. The second-order valence-electron chi connectivity index (χ2n) is 7.27. The highest BCUT2D eigenvalue weighted by atomic mass is 16.5. The van der Waals surface area contributed by atoms with E-state index in [1.165, 1.54) is 27.8 Å². The normalized spacial score (nSPS) is 12.7. The molecule has 0 saturated heterocycles. The largest absolute Gasteiger partial charge is 0.423 e. The van der Waals surface area contributed by atoms with E-state index in [2.05, 4.69) is 25.6 Å². The lowest BCUT2D eigenvalue weighted by Crippen LogP contribution is -2.08. The van der Waals surface area contributed by atoms with Gasteiger partial charge in [-0.05, 0) is 78.8 Å². The summed E-state index contributed by atoms with van der Waals surface area (Å²) in [5.74, 6) is 0.220. The van der Waals surface area contributed by atoms with E-state index >= 15 is 0 Å². The molecular weight excluding hydrogens is 332 g/mol. The minimum absolute atomic E-state index is 0.340. The van der Waals surface area contributed by atoms with Crippen molar-refractivity contribution in [2.75, 3.05) is 0 Å². The number of fused-ring (bicyclic) bond motifs is 1. The summed E-state index contributed by atoms with van der Waals surface area (Å²) in [5, 5.41) is 0. The first-order valence-electron chi connectivity index (χ1n) is 9.18. The molecule has 0 aromatic heterocycles. The van der Waals surface area contributed by atoms with Gasteiger partial charge in [0.15, 0.2) is 0 Å². The van der Waals surface area contributed by atoms with Crippen LogP contribution in [0.1, 0.15) is 32.6 Å². The van der Waals surface area contributed by atoms with Crippen molar-refractivity contribution < 1.29 is 9.53 Å². The number of hydrogen-bond acceptors (Lipinski definition) is 2. The molecule has 0 aliphatic heterocycles. The predicted molar refractivity (Wildman–Crippen MR) is 109 cm³/mol. The van der Waals surface area contributed by atoms with E-state index in [9.17, 15) is 4.79 Å². The van der Waals surface area contributed by atoms with Crippen LogP contribution in [0.4, 0.5) is 0 Å². The SMILES string of the molecule is C=C1Cc2c(C)ccc(-c3ccc(C(=O)Oc4ccc(C)cc4)cc3)c2C1. The number of benzene rings is 3. The first-order chi connectivity index (χ1) is 13.0. The highest BCUT2D eigenvalue weighted by Crippen LogP contribution is 2.36. The molecule has 4 rings (SSSR count). The van der Waals surface area contributed by atoms with E-state index in [1.54, 1.807) is 0 Å². The molecule has 1 aliphatic rings. The predicted octanol–water partition coefficient (Wildman–Crippen LogP) is 5.84. The molecule has 134 valence electrons. The smallest absolute Gasteiger partial charge is 0.343 e. The van der Waals surface area contributed by atoms with Gasteiger partial charge in [-0.25, -0.2) is 4.79 Å². The second-order valence-corrected chi connectivity index (χ2v) is 7.27. The Bertz CT molecular complexity index is 1030. The minimum Gasteiger partial charge on any atom is -0.423 e. The minimum atomic E-state index is -0.340. The first kappa shape index (κ1) is 17.3. The van der Waals surface area contributed by atoms with E-state index in [1.807, 2.05) is 55.5 Å². The zero-order valence-corrected chi connectivity index (χ0v) is 15.7. The fourth-order valence-corrected chi connectivity index (χ4v) is 3.65. The Morgan fingerprint density at radius 3 is 2.22 bits per heavy atom. The first-order valence-corrected chi connectivity index (χ1v) is 9.18. The van der Waals surface area contributed by atoms with E-state index in [4.69, 9.17) is 4.74 Å². The molecule has 0 bridgehead atoms. The van der Waals surface area contributed by atoms with Crippen molar-refractivity contribution in [1.29, 1.82) is 0 Å². The van der Waals surface area contributed by atoms with Crippen LogP contribution in [-0.4, -0.2) is 5.97 Å². The van der Waals surface area contributed by atoms with Crippen LogP contribution in [0.5, 0.6) is 5.75 Å². The molecule has 2 heteroatoms. The highest BCUT2D eigenvalue weighted by molar-refractivity contribution is 5.91. The Balaban J connectivity index is 1.58. The maximum absolute atomic E-state index is 12.4. The molecule has 0 radical (unpaired) electrons. The molecule has 3 aromatic rings. The van der Waals surface area contributed by atoms with E-state index in [0.717, 1.165) is 24.0 Å². The molecule has 27 heavy (non-hydrogen) atoms. The third-order valence-corrected chi connectivity index (χ3v) is 5.18. The molecular formula is C25H22O2. The van der Waals surface area contributed by atoms with Gasteiger partial charge < -0.3 is 4.74 Å². The molecule has 0 spiro atoms. The molecule has 2 nitrogen and oxygen atoms in total. The van der Waals surface area contributed by atoms with Gasteiger partial charge in [-0.3, -0.25) is 0 Å². The number of aryl methyl sites for hydroxylation is 2. The number of carbonyl (C=O) groups is 1. The van der Waals surface area contributed by atoms with Crippen LogP contribution in [-0.2, 0) is 12.8 Å². The average Bonchev–Trinajstić information content (AvgIpc) is 3.06. The Morgan fingerprint density at radius 2 is 1.52 bits per heavy atom. The fraction of sp³-hybridized carbons (Fsp3) is 0.160. The van der Waals surface area contributed by atoms with Gasteiger partial charge in [0.2, 0.25) is 0 Å². The molecule has 0 fully saturated rings. The van der Waals surface area contributed by atoms with Crippen LogP contribution in [0.25, 0.3) is 11.1 Å². The average molecular weight is 354 g/mol. The van der Waals surface area contributed by atoms with Gasteiger partial charge >= 0.3 is 5.97 Å². The highest BCUT2D eigenvalue weighted by Gasteiger charge is 2.20. The summed E-state index contributed by atoms with van der Waals surface area (Å²) in [6.07, 6.45) is 1.90. The van der Waals surface area contributed by atoms with Crippen LogP contribution in [0.15, 0.2) is 72.8 Å². The van der Waals surface area contributed by atoms with Crippen LogP contribution >= 0.6 is 0 Å². The maximum atomic E-state index is 12.4. The quantitative estimate of drug-likeness (QED) is 0.335. The molecule has 0 heterocycles. The molecule has 1 aliphatic carbocycles. The van der Waals surface area contributed by atoms with Crippen molar-refractivity contribution in [2.45, 2.75) is 26.7 Å². The molecule has 0 N–H and O–H groups in total. The lowest BCUT2D eigenvalue weighted by molar-refractivity contribution is 0.0735. The molecule has 3 aromatic carbocycles. The van der Waals surface area contributed by atoms with Crippen LogP contribution in [0, 0.1) is 13.8 Å². The van der Waals surface area contributed by atoms with Gasteiger partial charge in [0.25, 0.3) is 0 Å². The number of carbonyl (C=O) groups excluding carboxylic acids is 1. The number of hydrogen-bond donors (Lipinski definition) is 0. The molecule has 0 amide bonds. The standard InChI is InChI=1S/C25H22O2/c1-16-4-11-21(12-5-16)27-25(26)20-9-7-19(8-10-20)22-13-6-18(3)23-14-17(2)15-24(22)23/h4-13H,2,14-15H2,1,3H3. The van der Waals surface area contributed by atoms with Gasteiger partial charge in [0, 0.05) is 0 Å². The number of allylic oxidation sites excluding steroid dienone is 1. The third-order valence-electron chi connectivity index (χ3n) is 5.18. The van der Waals surface area contributed by atoms with Crippen molar-refractivity contribution in [3.63, 3.8) is 0 Å². The zero-order valence-electron chi connectivity index (χ0n) is 15.7. The molecule has 0 atom stereocenters. The van der Waals surface area contributed by atoms with Crippen LogP contribution in [0.2, 0.25) is 0 Å². The van der Waals surface area contributed by atoms with Crippen LogP contribution < -0.4 is 4.74 Å². The summed E-state index contributed by atoms with van der Waals surface area (Å²) in [6.45, 7) is 8.33. The fourth-order valence-electron chi connectivity index (χ4n) is 3.65. The van der Waals surface area contributed by atoms with Gasteiger partial charge in [-0.15, -0.1) is 0 Å². The lowest BCUT2D eigenvalue weighted by atomic mass is 9.93. The van der Waals surface area contributed by atoms with E-state index in [-0.39, 0.29) is 5.97 Å². The number of rotatable bonds is 3. The van der Waals surface area contributed by atoms with Gasteiger partial charge in [-0.2, -0.15) is 0 Å². The second kappa shape index (κ2) is 6.88. The zero-order chi connectivity index (χ0) is 19.0. The van der Waals surface area contributed by atoms with Gasteiger partial charge in [0.1, 0.15) is 5.75 Å². The van der Waals surface area contributed by atoms with Crippen molar-refractivity contribution in [3.8, 4) is 16.9 Å². The monoisotopic (exact) mass is 354 g/mol. The molecule has 0 saturated carbocycles. The summed E-state index contributed by atoms with van der Waals surface area (Å²) in [4.78, 5) is 12.4. The topological polar surface area (TPSA) is 26.3 Å².